The molecule has 192 valence electrons. The molecule has 4 aromatic carbocycles. The van der Waals surface area contributed by atoms with E-state index in [1.54, 1.807) is 9.91 Å². The van der Waals surface area contributed by atoms with Gasteiger partial charge in [-0.05, 0) is 66.7 Å². The maximum Gasteiger partial charge on any atom is 0.282 e. The Morgan fingerprint density at radius 3 is 2.08 bits per heavy atom. The number of nitrogens with one attached hydrogen (secondary N) is 1. The van der Waals surface area contributed by atoms with Gasteiger partial charge in [-0.2, -0.15) is 5.10 Å². The van der Waals surface area contributed by atoms with E-state index in [1.807, 2.05) is 128 Å². The van der Waals surface area contributed by atoms with E-state index in [2.05, 4.69) is 5.32 Å². The number of benzene rings is 4. The molecule has 0 saturated carbocycles. The Labute approximate surface area is 235 Å². The number of anilines is 3. The molecule has 2 aliphatic rings. The molecule has 4 aromatic rings. The quantitative estimate of drug-likeness (QED) is 0.274. The van der Waals surface area contributed by atoms with Gasteiger partial charge in [-0.25, -0.2) is 5.01 Å². The van der Waals surface area contributed by atoms with E-state index in [1.165, 1.54) is 23.5 Å². The molecule has 1 N–H and O–H groups in total. The summed E-state index contributed by atoms with van der Waals surface area (Å²) in [5.41, 5.74) is 4.19. The fourth-order valence-corrected chi connectivity index (χ4v) is 7.25. The van der Waals surface area contributed by atoms with Gasteiger partial charge in [0, 0.05) is 11.4 Å². The largest absolute Gasteiger partial charge is 0.320 e. The molecule has 8 heteroatoms. The highest BCUT2D eigenvalue weighted by Gasteiger charge is 2.60. The van der Waals surface area contributed by atoms with Crippen molar-refractivity contribution in [1.82, 2.24) is 0 Å². The molecule has 2 heterocycles. The van der Waals surface area contributed by atoms with E-state index >= 15 is 0 Å². The van der Waals surface area contributed by atoms with Gasteiger partial charge >= 0.3 is 0 Å². The van der Waals surface area contributed by atoms with Crippen molar-refractivity contribution in [2.24, 2.45) is 5.10 Å². The summed E-state index contributed by atoms with van der Waals surface area (Å²) in [4.78, 5) is 29.9. The molecule has 6 nitrogen and oxygen atoms in total. The van der Waals surface area contributed by atoms with Crippen LogP contribution in [0.1, 0.15) is 11.1 Å². The van der Waals surface area contributed by atoms with Crippen molar-refractivity contribution >= 4 is 63.5 Å². The van der Waals surface area contributed by atoms with Gasteiger partial charge in [0.15, 0.2) is 5.04 Å². The zero-order valence-corrected chi connectivity index (χ0v) is 22.7. The van der Waals surface area contributed by atoms with Crippen molar-refractivity contribution in [3.05, 3.63) is 131 Å². The van der Waals surface area contributed by atoms with Gasteiger partial charge in [0.25, 0.3) is 11.8 Å². The average Bonchev–Trinajstić information content (AvgIpc) is 3.47. The summed E-state index contributed by atoms with van der Waals surface area (Å²) in [5.74, 6) is -0.485. The van der Waals surface area contributed by atoms with Crippen molar-refractivity contribution in [1.29, 1.82) is 0 Å². The molecular weight excluding hydrogens is 525 g/mol. The highest BCUT2D eigenvalue weighted by molar-refractivity contribution is 8.29. The fraction of sp³-hybridized carbons (Fsp3) is 0.0645. The lowest BCUT2D eigenvalue weighted by molar-refractivity contribution is -0.114. The summed E-state index contributed by atoms with van der Waals surface area (Å²) in [5, 5.41) is 9.83. The Balaban J connectivity index is 1.47. The van der Waals surface area contributed by atoms with E-state index in [4.69, 9.17) is 5.10 Å². The third-order valence-electron chi connectivity index (χ3n) is 6.24. The predicted molar refractivity (Wildman–Crippen MR) is 162 cm³/mol. The summed E-state index contributed by atoms with van der Waals surface area (Å²) in [6, 6.07) is 36.5. The van der Waals surface area contributed by atoms with Gasteiger partial charge in [0.05, 0.1) is 10.6 Å². The first-order valence-electron chi connectivity index (χ1n) is 12.4. The van der Waals surface area contributed by atoms with Crippen LogP contribution in [0, 0.1) is 6.92 Å². The molecule has 1 unspecified atom stereocenters. The maximum absolute atomic E-state index is 14.1. The summed E-state index contributed by atoms with van der Waals surface area (Å²) < 4.78 is -1.09. The zero-order chi connectivity index (χ0) is 26.8. The minimum absolute atomic E-state index is 0.153. The number of rotatable bonds is 5. The lowest BCUT2D eigenvalue weighted by atomic mass is 10.2. The first kappa shape index (κ1) is 25.0. The number of carbonyl (C=O) groups excluding carboxylic acids is 2. The Kier molecular flexibility index (Phi) is 6.72. The summed E-state index contributed by atoms with van der Waals surface area (Å²) in [7, 11) is 0. The molecule has 1 fully saturated rings. The third-order valence-corrected chi connectivity index (χ3v) is 8.96. The van der Waals surface area contributed by atoms with Crippen LogP contribution in [0.25, 0.3) is 6.08 Å². The molecule has 0 bridgehead atoms. The van der Waals surface area contributed by atoms with Crippen LogP contribution < -0.4 is 15.2 Å². The molecular formula is C31H24N4O2S2. The first-order valence-corrected chi connectivity index (χ1v) is 14.0. The van der Waals surface area contributed by atoms with Gasteiger partial charge in [-0.3, -0.25) is 14.5 Å². The number of thioether (sulfide) groups is 2. The topological polar surface area (TPSA) is 65.0 Å². The standard InChI is InChI=1S/C31H24N4O2S2/c1-22-17-19-26(20-18-22)35-31(39-29(33-35)28(36)32-24-13-7-3-8-14-24)34(25-15-9-4-10-16-25)30(37)27(38-31)21-23-11-5-2-6-12-23/h2-21H,1H3,(H,32,36)/b27-21-. The molecule has 6 rings (SSSR count). The summed E-state index contributed by atoms with van der Waals surface area (Å²) in [6.07, 6.45) is 1.90. The number of nitrogens with zero attached hydrogens (tertiary/aromatic N) is 3. The normalized spacial score (nSPS) is 19.6. The predicted octanol–water partition coefficient (Wildman–Crippen LogP) is 6.93. The minimum atomic E-state index is -1.09. The van der Waals surface area contributed by atoms with Crippen LogP contribution in [0.5, 0.6) is 0 Å². The second-order valence-electron chi connectivity index (χ2n) is 9.02. The SMILES string of the molecule is Cc1ccc(N2N=C(C(=O)Nc3ccccc3)SC23S/C(=C\c2ccccc2)C(=O)N3c2ccccc2)cc1. The van der Waals surface area contributed by atoms with Crippen LogP contribution in [-0.4, -0.2) is 21.2 Å². The summed E-state index contributed by atoms with van der Waals surface area (Å²) in [6.45, 7) is 2.02. The molecule has 2 amide bonds. The van der Waals surface area contributed by atoms with E-state index in [0.717, 1.165) is 22.5 Å². The van der Waals surface area contributed by atoms with Crippen LogP contribution in [0.2, 0.25) is 0 Å². The van der Waals surface area contributed by atoms with Crippen LogP contribution >= 0.6 is 23.5 Å². The number of aryl methyl sites for hydroxylation is 1. The molecule has 0 aliphatic carbocycles. The van der Waals surface area contributed by atoms with Gasteiger partial charge in [0.1, 0.15) is 0 Å². The van der Waals surface area contributed by atoms with Crippen molar-refractivity contribution in [3.63, 3.8) is 0 Å². The number of hydrogen-bond donors (Lipinski definition) is 1. The number of para-hydroxylation sites is 2. The van der Waals surface area contributed by atoms with Gasteiger partial charge in [-0.1, -0.05) is 96.2 Å². The van der Waals surface area contributed by atoms with Crippen molar-refractivity contribution in [3.8, 4) is 0 Å². The molecule has 39 heavy (non-hydrogen) atoms. The second kappa shape index (κ2) is 10.5. The Bertz CT molecular complexity index is 1580. The van der Waals surface area contributed by atoms with Gasteiger partial charge < -0.3 is 5.32 Å². The molecule has 0 radical (unpaired) electrons. The number of hydrazone groups is 1. The number of amides is 2. The van der Waals surface area contributed by atoms with Crippen LogP contribution in [-0.2, 0) is 9.59 Å². The average molecular weight is 549 g/mol. The lowest BCUT2D eigenvalue weighted by Gasteiger charge is -2.38. The van der Waals surface area contributed by atoms with Crippen LogP contribution in [0.4, 0.5) is 17.1 Å². The van der Waals surface area contributed by atoms with E-state index in [0.29, 0.717) is 10.6 Å². The third kappa shape index (κ3) is 4.84. The smallest absolute Gasteiger partial charge is 0.282 e. The van der Waals surface area contributed by atoms with Crippen molar-refractivity contribution in [2.45, 2.75) is 11.3 Å². The van der Waals surface area contributed by atoms with Crippen LogP contribution in [0.3, 0.4) is 0 Å². The van der Waals surface area contributed by atoms with E-state index < -0.39 is 4.33 Å². The second-order valence-corrected chi connectivity index (χ2v) is 11.7. The fourth-order valence-electron chi connectivity index (χ4n) is 4.37. The monoisotopic (exact) mass is 548 g/mol. The highest BCUT2D eigenvalue weighted by Crippen LogP contribution is 2.59. The molecule has 0 aromatic heterocycles. The van der Waals surface area contributed by atoms with Gasteiger partial charge in [-0.15, -0.1) is 0 Å². The molecule has 1 saturated heterocycles. The minimum Gasteiger partial charge on any atom is -0.320 e. The van der Waals surface area contributed by atoms with Gasteiger partial charge in [0.2, 0.25) is 4.33 Å². The number of hydrogen-bond acceptors (Lipinski definition) is 6. The summed E-state index contributed by atoms with van der Waals surface area (Å²) >= 11 is 2.66. The van der Waals surface area contributed by atoms with E-state index in [-0.39, 0.29) is 16.9 Å². The Morgan fingerprint density at radius 2 is 1.41 bits per heavy atom. The van der Waals surface area contributed by atoms with Crippen molar-refractivity contribution < 1.29 is 9.59 Å². The Morgan fingerprint density at radius 1 is 0.795 bits per heavy atom. The van der Waals surface area contributed by atoms with Crippen LogP contribution in [0.15, 0.2) is 125 Å². The molecule has 1 atom stereocenters. The lowest BCUT2D eigenvalue weighted by Crippen LogP contribution is -2.51. The van der Waals surface area contributed by atoms with E-state index in [9.17, 15) is 9.59 Å². The first-order chi connectivity index (χ1) is 19.0. The van der Waals surface area contributed by atoms with Crippen molar-refractivity contribution in [2.75, 3.05) is 15.2 Å². The zero-order valence-electron chi connectivity index (χ0n) is 21.0. The molecule has 2 aliphatic heterocycles. The molecule has 1 spiro atoms. The number of carbonyl (C=O) groups is 2. The highest BCUT2D eigenvalue weighted by atomic mass is 32.2. The Hall–Kier alpha value is -4.27. The maximum atomic E-state index is 14.1.